The van der Waals surface area contributed by atoms with Gasteiger partial charge in [-0.25, -0.2) is 4.98 Å². The Kier molecular flexibility index (Phi) is 3.79. The van der Waals surface area contributed by atoms with Crippen molar-refractivity contribution in [2.24, 2.45) is 0 Å². The van der Waals surface area contributed by atoms with Crippen LogP contribution in [0, 0.1) is 6.92 Å². The number of amides is 1. The molecule has 0 saturated heterocycles. The third-order valence-corrected chi connectivity index (χ3v) is 5.87. The number of carbonyl (C=O) groups is 1. The van der Waals surface area contributed by atoms with Crippen LogP contribution in [0.1, 0.15) is 28.0 Å². The van der Waals surface area contributed by atoms with Gasteiger partial charge in [0, 0.05) is 12.2 Å². The summed E-state index contributed by atoms with van der Waals surface area (Å²) in [6, 6.07) is 14.0. The summed E-state index contributed by atoms with van der Waals surface area (Å²) in [6.07, 6.45) is 1.95. The minimum absolute atomic E-state index is 0.0290. The third kappa shape index (κ3) is 2.64. The highest BCUT2D eigenvalue weighted by Gasteiger charge is 2.27. The van der Waals surface area contributed by atoms with E-state index in [9.17, 15) is 4.79 Å². The number of aryl methyl sites for hydroxylation is 2. The molecule has 1 aliphatic rings. The van der Waals surface area contributed by atoms with Crippen molar-refractivity contribution in [1.29, 1.82) is 0 Å². The van der Waals surface area contributed by atoms with Crippen LogP contribution in [0.25, 0.3) is 21.7 Å². The number of aromatic nitrogens is 2. The van der Waals surface area contributed by atoms with Crippen molar-refractivity contribution in [2.75, 3.05) is 11.4 Å². The molecule has 0 saturated carbocycles. The largest absolute Gasteiger partial charge is 0.335 e. The minimum atomic E-state index is -0.0290. The Morgan fingerprint density at radius 3 is 2.96 bits per heavy atom. The molecular weight excluding hydrogens is 358 g/mol. The number of hydrogen-bond donors (Lipinski definition) is 0. The van der Waals surface area contributed by atoms with Gasteiger partial charge in [-0.05, 0) is 48.9 Å². The number of fused-ring (bicyclic) bond motifs is 2. The van der Waals surface area contributed by atoms with Gasteiger partial charge in [-0.15, -0.1) is 11.3 Å². The van der Waals surface area contributed by atoms with E-state index in [1.807, 2.05) is 53.6 Å². The standard InChI is InChI=1S/C21H17N3O2S/c1-13-19-15(12-16(18-9-5-11-27-18)22-20(19)26-23-13)21(25)24-10-4-7-14-6-2-3-8-17(14)24/h2-3,5-6,8-9,11-12H,4,7,10H2,1H3. The zero-order chi connectivity index (χ0) is 18.4. The summed E-state index contributed by atoms with van der Waals surface area (Å²) in [7, 11) is 0. The Hall–Kier alpha value is -2.99. The third-order valence-electron chi connectivity index (χ3n) is 4.98. The van der Waals surface area contributed by atoms with Crippen LogP contribution in [0.4, 0.5) is 5.69 Å². The lowest BCUT2D eigenvalue weighted by Crippen LogP contribution is -2.35. The molecule has 1 amide bonds. The highest BCUT2D eigenvalue weighted by molar-refractivity contribution is 7.13. The second-order valence-electron chi connectivity index (χ2n) is 6.67. The Balaban J connectivity index is 1.68. The first-order valence-corrected chi connectivity index (χ1v) is 9.81. The molecule has 6 heteroatoms. The smallest absolute Gasteiger partial charge is 0.259 e. The highest BCUT2D eigenvalue weighted by atomic mass is 32.1. The van der Waals surface area contributed by atoms with E-state index in [1.54, 1.807) is 11.3 Å². The molecule has 0 bridgehead atoms. The molecule has 0 aliphatic carbocycles. The molecule has 4 aromatic rings. The number of nitrogens with zero attached hydrogens (tertiary/aromatic N) is 3. The van der Waals surface area contributed by atoms with Gasteiger partial charge in [-0.3, -0.25) is 4.79 Å². The van der Waals surface area contributed by atoms with Crippen molar-refractivity contribution in [3.63, 3.8) is 0 Å². The fourth-order valence-electron chi connectivity index (χ4n) is 3.70. The van der Waals surface area contributed by atoms with E-state index in [0.29, 0.717) is 28.9 Å². The maximum Gasteiger partial charge on any atom is 0.259 e. The van der Waals surface area contributed by atoms with Crippen molar-refractivity contribution in [3.8, 4) is 10.6 Å². The molecule has 0 N–H and O–H groups in total. The van der Waals surface area contributed by atoms with Gasteiger partial charge in [0.15, 0.2) is 0 Å². The van der Waals surface area contributed by atoms with Crippen molar-refractivity contribution in [2.45, 2.75) is 19.8 Å². The summed E-state index contributed by atoms with van der Waals surface area (Å²) in [5.74, 6) is -0.0290. The van der Waals surface area contributed by atoms with Crippen LogP contribution in [0.15, 0.2) is 52.4 Å². The SMILES string of the molecule is Cc1noc2nc(-c3cccs3)cc(C(=O)N3CCCc4ccccc43)c12. The Morgan fingerprint density at radius 1 is 1.22 bits per heavy atom. The van der Waals surface area contributed by atoms with Crippen molar-refractivity contribution >= 4 is 34.0 Å². The molecule has 0 atom stereocenters. The summed E-state index contributed by atoms with van der Waals surface area (Å²) in [5, 5.41) is 6.74. The van der Waals surface area contributed by atoms with Crippen LogP contribution in [-0.2, 0) is 6.42 Å². The molecule has 1 aromatic carbocycles. The topological polar surface area (TPSA) is 59.2 Å². The molecule has 5 rings (SSSR count). The summed E-state index contributed by atoms with van der Waals surface area (Å²) in [5.41, 5.74) is 4.63. The van der Waals surface area contributed by atoms with Gasteiger partial charge in [0.2, 0.25) is 0 Å². The predicted molar refractivity (Wildman–Crippen MR) is 106 cm³/mol. The maximum absolute atomic E-state index is 13.6. The fourth-order valence-corrected chi connectivity index (χ4v) is 4.39. The van der Waals surface area contributed by atoms with Crippen LogP contribution >= 0.6 is 11.3 Å². The first kappa shape index (κ1) is 16.2. The number of thiophene rings is 1. The molecule has 4 heterocycles. The van der Waals surface area contributed by atoms with E-state index in [-0.39, 0.29) is 5.91 Å². The van der Waals surface area contributed by atoms with Crippen molar-refractivity contribution < 1.29 is 9.32 Å². The van der Waals surface area contributed by atoms with Crippen LogP contribution < -0.4 is 4.90 Å². The first-order chi connectivity index (χ1) is 13.2. The van der Waals surface area contributed by atoms with E-state index in [2.05, 4.69) is 16.2 Å². The molecular formula is C21H17N3O2S. The second kappa shape index (κ2) is 6.32. The van der Waals surface area contributed by atoms with Crippen LogP contribution in [0.5, 0.6) is 0 Å². The van der Waals surface area contributed by atoms with Crippen LogP contribution in [0.2, 0.25) is 0 Å². The molecule has 0 spiro atoms. The van der Waals surface area contributed by atoms with Crippen LogP contribution in [0.3, 0.4) is 0 Å². The van der Waals surface area contributed by atoms with Gasteiger partial charge in [-0.2, -0.15) is 0 Å². The lowest BCUT2D eigenvalue weighted by Gasteiger charge is -2.29. The maximum atomic E-state index is 13.6. The minimum Gasteiger partial charge on any atom is -0.335 e. The Morgan fingerprint density at radius 2 is 2.11 bits per heavy atom. The van der Waals surface area contributed by atoms with Gasteiger partial charge in [0.25, 0.3) is 11.6 Å². The van der Waals surface area contributed by atoms with Crippen molar-refractivity contribution in [3.05, 3.63) is 64.7 Å². The molecule has 0 unspecified atom stereocenters. The lowest BCUT2D eigenvalue weighted by atomic mass is 10.00. The average Bonchev–Trinajstić information content (AvgIpc) is 3.37. The van der Waals surface area contributed by atoms with Gasteiger partial charge in [0.05, 0.1) is 27.2 Å². The van der Waals surface area contributed by atoms with Gasteiger partial charge < -0.3 is 9.42 Å². The molecule has 0 fully saturated rings. The molecule has 0 radical (unpaired) electrons. The first-order valence-electron chi connectivity index (χ1n) is 8.93. The van der Waals surface area contributed by atoms with E-state index in [0.717, 1.165) is 29.1 Å². The lowest BCUT2D eigenvalue weighted by molar-refractivity contribution is 0.0986. The highest BCUT2D eigenvalue weighted by Crippen LogP contribution is 2.33. The van der Waals surface area contributed by atoms with Gasteiger partial charge in [0.1, 0.15) is 0 Å². The monoisotopic (exact) mass is 375 g/mol. The number of anilines is 1. The molecule has 134 valence electrons. The number of hydrogen-bond acceptors (Lipinski definition) is 5. The summed E-state index contributed by atoms with van der Waals surface area (Å²) < 4.78 is 5.41. The second-order valence-corrected chi connectivity index (χ2v) is 7.62. The summed E-state index contributed by atoms with van der Waals surface area (Å²) in [4.78, 5) is 21.0. The van der Waals surface area contributed by atoms with Crippen LogP contribution in [-0.4, -0.2) is 22.6 Å². The zero-order valence-electron chi connectivity index (χ0n) is 14.8. The summed E-state index contributed by atoms with van der Waals surface area (Å²) >= 11 is 1.59. The average molecular weight is 375 g/mol. The normalized spacial score (nSPS) is 13.7. The predicted octanol–water partition coefficient (Wildman–Crippen LogP) is 4.85. The van der Waals surface area contributed by atoms with E-state index < -0.39 is 0 Å². The van der Waals surface area contributed by atoms with E-state index >= 15 is 0 Å². The molecule has 1 aliphatic heterocycles. The van der Waals surface area contributed by atoms with E-state index in [4.69, 9.17) is 4.52 Å². The number of para-hydroxylation sites is 1. The summed E-state index contributed by atoms with van der Waals surface area (Å²) in [6.45, 7) is 2.55. The Labute approximate surface area is 160 Å². The van der Waals surface area contributed by atoms with E-state index in [1.165, 1.54) is 5.56 Å². The number of rotatable bonds is 2. The van der Waals surface area contributed by atoms with Gasteiger partial charge >= 0.3 is 0 Å². The molecule has 27 heavy (non-hydrogen) atoms. The number of benzene rings is 1. The fraction of sp³-hybridized carbons (Fsp3) is 0.190. The number of pyridine rings is 1. The Bertz CT molecular complexity index is 1150. The molecule has 3 aromatic heterocycles. The quantitative estimate of drug-likeness (QED) is 0.502. The van der Waals surface area contributed by atoms with Gasteiger partial charge in [-0.1, -0.05) is 29.4 Å². The zero-order valence-corrected chi connectivity index (χ0v) is 15.6. The number of carbonyl (C=O) groups excluding carboxylic acids is 1. The van der Waals surface area contributed by atoms with Crippen molar-refractivity contribution in [1.82, 2.24) is 10.1 Å². The molecule has 5 nitrogen and oxygen atoms in total.